The lowest BCUT2D eigenvalue weighted by Gasteiger charge is -2.28. The van der Waals surface area contributed by atoms with E-state index in [1.165, 1.54) is 57.9 Å². The first-order valence-electron chi connectivity index (χ1n) is 7.15. The van der Waals surface area contributed by atoms with Crippen molar-refractivity contribution in [2.45, 2.75) is 58.3 Å². The molecule has 0 radical (unpaired) electrons. The number of nitrogens with one attached hydrogen (secondary N) is 1. The first-order chi connectivity index (χ1) is 7.74. The van der Waals surface area contributed by atoms with Crippen molar-refractivity contribution in [3.8, 4) is 0 Å². The summed E-state index contributed by atoms with van der Waals surface area (Å²) in [5.41, 5.74) is 7.08. The molecule has 2 heteroatoms. The first kappa shape index (κ1) is 12.4. The highest BCUT2D eigenvalue weighted by Gasteiger charge is 2.41. The van der Waals surface area contributed by atoms with Crippen LogP contribution in [0.3, 0.4) is 0 Å². The van der Waals surface area contributed by atoms with Gasteiger partial charge in [-0.05, 0) is 49.5 Å². The van der Waals surface area contributed by atoms with Gasteiger partial charge in [-0.15, -0.1) is 0 Å². The van der Waals surface area contributed by atoms with Gasteiger partial charge in [0, 0.05) is 13.1 Å². The summed E-state index contributed by atoms with van der Waals surface area (Å²) in [6.45, 7) is 5.58. The predicted molar refractivity (Wildman–Crippen MR) is 69.4 cm³/mol. The normalized spacial score (nSPS) is 25.9. The summed E-state index contributed by atoms with van der Waals surface area (Å²) in [4.78, 5) is 0. The maximum atomic E-state index is 5.95. The molecule has 0 aromatic heterocycles. The molecule has 0 aliphatic heterocycles. The summed E-state index contributed by atoms with van der Waals surface area (Å²) in [6, 6.07) is 0. The van der Waals surface area contributed by atoms with Gasteiger partial charge >= 0.3 is 0 Å². The fourth-order valence-corrected chi connectivity index (χ4v) is 3.39. The molecule has 16 heavy (non-hydrogen) atoms. The van der Waals surface area contributed by atoms with Crippen molar-refractivity contribution in [3.05, 3.63) is 0 Å². The minimum absolute atomic E-state index is 0.447. The zero-order valence-corrected chi connectivity index (χ0v) is 10.9. The highest BCUT2D eigenvalue weighted by molar-refractivity contribution is 4.95. The maximum Gasteiger partial charge on any atom is 0.00201 e. The molecule has 2 aliphatic rings. The average Bonchev–Trinajstić information content (AvgIpc) is 2.89. The van der Waals surface area contributed by atoms with Crippen LogP contribution in [0.25, 0.3) is 0 Å². The van der Waals surface area contributed by atoms with Crippen LogP contribution in [0.4, 0.5) is 0 Å². The van der Waals surface area contributed by atoms with E-state index in [-0.39, 0.29) is 0 Å². The van der Waals surface area contributed by atoms with Crippen LogP contribution in [0.5, 0.6) is 0 Å². The summed E-state index contributed by atoms with van der Waals surface area (Å²) in [7, 11) is 0. The molecule has 2 saturated carbocycles. The van der Waals surface area contributed by atoms with E-state index in [0.717, 1.165) is 13.1 Å². The molecule has 2 rings (SSSR count). The number of hydrogen-bond acceptors (Lipinski definition) is 2. The molecule has 0 atom stereocenters. The van der Waals surface area contributed by atoms with Crippen molar-refractivity contribution in [1.82, 2.24) is 5.32 Å². The Labute approximate surface area is 100 Å². The molecule has 94 valence electrons. The summed E-state index contributed by atoms with van der Waals surface area (Å²) in [6.07, 6.45) is 11.1. The van der Waals surface area contributed by atoms with Crippen molar-refractivity contribution in [2.24, 2.45) is 16.6 Å². The molecule has 0 amide bonds. The summed E-state index contributed by atoms with van der Waals surface area (Å²) >= 11 is 0. The summed E-state index contributed by atoms with van der Waals surface area (Å²) in [5.74, 6) is 0. The van der Waals surface area contributed by atoms with E-state index in [0.29, 0.717) is 10.8 Å². The third kappa shape index (κ3) is 2.78. The molecular formula is C14H28N2. The average molecular weight is 224 g/mol. The lowest BCUT2D eigenvalue weighted by atomic mass is 9.86. The van der Waals surface area contributed by atoms with Crippen molar-refractivity contribution in [1.29, 1.82) is 0 Å². The molecule has 0 heterocycles. The molecule has 0 aromatic rings. The van der Waals surface area contributed by atoms with Gasteiger partial charge in [-0.1, -0.05) is 26.2 Å². The topological polar surface area (TPSA) is 38.0 Å². The Morgan fingerprint density at radius 1 is 1.00 bits per heavy atom. The van der Waals surface area contributed by atoms with Crippen molar-refractivity contribution >= 4 is 0 Å². The van der Waals surface area contributed by atoms with Crippen LogP contribution >= 0.6 is 0 Å². The molecule has 3 N–H and O–H groups in total. The number of nitrogens with two attached hydrogens (primary N) is 1. The van der Waals surface area contributed by atoms with Gasteiger partial charge in [-0.3, -0.25) is 0 Å². The van der Waals surface area contributed by atoms with Crippen LogP contribution in [0, 0.1) is 10.8 Å². The zero-order chi connectivity index (χ0) is 11.5. The van der Waals surface area contributed by atoms with Crippen LogP contribution in [0.1, 0.15) is 58.3 Å². The first-order valence-corrected chi connectivity index (χ1v) is 7.15. The van der Waals surface area contributed by atoms with E-state index >= 15 is 0 Å². The fourth-order valence-electron chi connectivity index (χ4n) is 3.39. The lowest BCUT2D eigenvalue weighted by Crippen LogP contribution is -2.40. The van der Waals surface area contributed by atoms with Crippen molar-refractivity contribution < 1.29 is 0 Å². The van der Waals surface area contributed by atoms with Gasteiger partial charge < -0.3 is 11.1 Å². The Hall–Kier alpha value is -0.0800. The monoisotopic (exact) mass is 224 g/mol. The maximum absolute atomic E-state index is 5.95. The SMILES string of the molecule is CCCC1(CNCC2(CN)CCCC2)CC1. The minimum atomic E-state index is 0.447. The van der Waals surface area contributed by atoms with Crippen LogP contribution in [0.2, 0.25) is 0 Å². The molecule has 2 aliphatic carbocycles. The van der Waals surface area contributed by atoms with Gasteiger partial charge in [-0.2, -0.15) is 0 Å². The third-order valence-electron chi connectivity index (χ3n) is 4.83. The molecule has 0 spiro atoms. The summed E-state index contributed by atoms with van der Waals surface area (Å²) < 4.78 is 0. The Balaban J connectivity index is 1.70. The number of hydrogen-bond donors (Lipinski definition) is 2. The number of rotatable bonds is 7. The summed E-state index contributed by atoms with van der Waals surface area (Å²) in [5, 5.41) is 3.73. The van der Waals surface area contributed by atoms with Crippen LogP contribution in [0.15, 0.2) is 0 Å². The van der Waals surface area contributed by atoms with Gasteiger partial charge in [0.05, 0.1) is 0 Å². The van der Waals surface area contributed by atoms with Crippen LogP contribution < -0.4 is 11.1 Å². The smallest absolute Gasteiger partial charge is 0.00201 e. The molecule has 0 saturated heterocycles. The van der Waals surface area contributed by atoms with E-state index in [2.05, 4.69) is 12.2 Å². The zero-order valence-electron chi connectivity index (χ0n) is 10.9. The Morgan fingerprint density at radius 2 is 1.62 bits per heavy atom. The molecule has 0 bridgehead atoms. The van der Waals surface area contributed by atoms with Crippen LogP contribution in [-0.4, -0.2) is 19.6 Å². The third-order valence-corrected chi connectivity index (χ3v) is 4.83. The fraction of sp³-hybridized carbons (Fsp3) is 1.00. The standard InChI is InChI=1S/C14H28N2/c1-2-5-13(8-9-13)11-16-12-14(10-15)6-3-4-7-14/h16H,2-12,15H2,1H3. The van der Waals surface area contributed by atoms with Gasteiger partial charge in [0.25, 0.3) is 0 Å². The molecular weight excluding hydrogens is 196 g/mol. The molecule has 2 nitrogen and oxygen atoms in total. The lowest BCUT2D eigenvalue weighted by molar-refractivity contribution is 0.276. The minimum Gasteiger partial charge on any atom is -0.330 e. The molecule has 0 unspecified atom stereocenters. The van der Waals surface area contributed by atoms with Crippen molar-refractivity contribution in [3.63, 3.8) is 0 Å². The Morgan fingerprint density at radius 3 is 2.12 bits per heavy atom. The van der Waals surface area contributed by atoms with Crippen molar-refractivity contribution in [2.75, 3.05) is 19.6 Å². The molecule has 2 fully saturated rings. The van der Waals surface area contributed by atoms with Gasteiger partial charge in [-0.25, -0.2) is 0 Å². The van der Waals surface area contributed by atoms with E-state index in [9.17, 15) is 0 Å². The van der Waals surface area contributed by atoms with E-state index in [1.54, 1.807) is 0 Å². The highest BCUT2D eigenvalue weighted by atomic mass is 14.9. The van der Waals surface area contributed by atoms with Gasteiger partial charge in [0.1, 0.15) is 0 Å². The predicted octanol–water partition coefficient (Wildman–Crippen LogP) is 2.68. The largest absolute Gasteiger partial charge is 0.330 e. The Kier molecular flexibility index (Phi) is 3.91. The van der Waals surface area contributed by atoms with Crippen LogP contribution in [-0.2, 0) is 0 Å². The van der Waals surface area contributed by atoms with Gasteiger partial charge in [0.2, 0.25) is 0 Å². The second kappa shape index (κ2) is 5.05. The van der Waals surface area contributed by atoms with E-state index in [1.807, 2.05) is 0 Å². The van der Waals surface area contributed by atoms with Gasteiger partial charge in [0.15, 0.2) is 0 Å². The second-order valence-corrected chi connectivity index (χ2v) is 6.26. The Bertz CT molecular complexity index is 215. The highest BCUT2D eigenvalue weighted by Crippen LogP contribution is 2.49. The van der Waals surface area contributed by atoms with E-state index in [4.69, 9.17) is 5.73 Å². The quantitative estimate of drug-likeness (QED) is 0.698. The van der Waals surface area contributed by atoms with E-state index < -0.39 is 0 Å². The molecule has 0 aromatic carbocycles. The second-order valence-electron chi connectivity index (χ2n) is 6.26.